The van der Waals surface area contributed by atoms with Crippen molar-refractivity contribution in [3.05, 3.63) is 92.4 Å². The summed E-state index contributed by atoms with van der Waals surface area (Å²) in [6.45, 7) is 4.47. The van der Waals surface area contributed by atoms with E-state index in [0.29, 0.717) is 0 Å². The maximum absolute atomic E-state index is 5.08. The average molecular weight is 574 g/mol. The van der Waals surface area contributed by atoms with Gasteiger partial charge in [-0.1, -0.05) is 44.2 Å². The van der Waals surface area contributed by atoms with Crippen molar-refractivity contribution < 1.29 is 0 Å². The predicted octanol–water partition coefficient (Wildman–Crippen LogP) is 8.20. The molecule has 0 spiro atoms. The Labute approximate surface area is 214 Å². The van der Waals surface area contributed by atoms with Crippen molar-refractivity contribution >= 4 is 66.1 Å². The number of nitrogens with one attached hydrogen (secondary N) is 2. The first kappa shape index (κ1) is 21.6. The minimum absolute atomic E-state index is 0.103. The van der Waals surface area contributed by atoms with Crippen molar-refractivity contribution in [1.29, 1.82) is 0 Å². The Bertz CT molecular complexity index is 1630. The van der Waals surface area contributed by atoms with Crippen LogP contribution in [0.2, 0.25) is 0 Å². The molecule has 0 radical (unpaired) electrons. The number of hydrogen-bond donors (Lipinski definition) is 2. The molecule has 8 bridgehead atoms. The summed E-state index contributed by atoms with van der Waals surface area (Å²) in [5.41, 5.74) is 10.0. The van der Waals surface area contributed by atoms with Crippen LogP contribution in [0.3, 0.4) is 0 Å². The highest BCUT2D eigenvalue weighted by molar-refractivity contribution is 9.11. The third-order valence-electron chi connectivity index (χ3n) is 6.38. The van der Waals surface area contributed by atoms with Gasteiger partial charge in [-0.15, -0.1) is 0 Å². The van der Waals surface area contributed by atoms with Gasteiger partial charge in [-0.3, -0.25) is 4.98 Å². The van der Waals surface area contributed by atoms with Gasteiger partial charge >= 0.3 is 0 Å². The molecule has 0 amide bonds. The SMILES string of the molecule is CC1(C)Cc2nc1c(Br)c1ccc(cc3nc(c(-c4ccccc4)c4ccc([nH]4)c2Br)C=C3)[nH]1. The normalized spacial score (nSPS) is 14.5. The Kier molecular flexibility index (Phi) is 5.12. The fraction of sp³-hybridized carbons (Fsp3) is 0.143. The highest BCUT2D eigenvalue weighted by Crippen LogP contribution is 2.39. The van der Waals surface area contributed by atoms with E-state index in [4.69, 9.17) is 9.97 Å². The Morgan fingerprint density at radius 2 is 1.53 bits per heavy atom. The zero-order chi connectivity index (χ0) is 23.4. The molecule has 2 N–H and O–H groups in total. The molecule has 2 aliphatic heterocycles. The molecule has 0 fully saturated rings. The molecule has 0 unspecified atom stereocenters. The van der Waals surface area contributed by atoms with Crippen molar-refractivity contribution in [2.45, 2.75) is 25.7 Å². The lowest BCUT2D eigenvalue weighted by atomic mass is 9.87. The molecule has 4 nitrogen and oxygen atoms in total. The van der Waals surface area contributed by atoms with Crippen molar-refractivity contribution in [2.24, 2.45) is 0 Å². The van der Waals surface area contributed by atoms with Gasteiger partial charge in [0.05, 0.1) is 42.8 Å². The van der Waals surface area contributed by atoms with Gasteiger partial charge in [-0.05, 0) is 79.9 Å². The summed E-state index contributed by atoms with van der Waals surface area (Å²) in [6, 6.07) is 20.9. The van der Waals surface area contributed by atoms with Crippen LogP contribution < -0.4 is 0 Å². The Morgan fingerprint density at radius 3 is 2.35 bits per heavy atom. The van der Waals surface area contributed by atoms with Gasteiger partial charge in [0, 0.05) is 28.4 Å². The molecule has 3 aromatic heterocycles. The van der Waals surface area contributed by atoms with Crippen LogP contribution in [-0.4, -0.2) is 19.9 Å². The molecule has 6 heteroatoms. The summed E-state index contributed by atoms with van der Waals surface area (Å²) in [5, 5.41) is 0. The van der Waals surface area contributed by atoms with Crippen molar-refractivity contribution in [2.75, 3.05) is 0 Å². The Hall–Kier alpha value is -2.96. The van der Waals surface area contributed by atoms with Crippen LogP contribution in [-0.2, 0) is 11.8 Å². The predicted molar refractivity (Wildman–Crippen MR) is 147 cm³/mol. The van der Waals surface area contributed by atoms with Gasteiger partial charge in [0.1, 0.15) is 0 Å². The maximum Gasteiger partial charge on any atom is 0.0736 e. The summed E-state index contributed by atoms with van der Waals surface area (Å²) in [4.78, 5) is 17.2. The van der Waals surface area contributed by atoms with Gasteiger partial charge in [-0.2, -0.15) is 0 Å². The zero-order valence-electron chi connectivity index (χ0n) is 18.8. The van der Waals surface area contributed by atoms with Gasteiger partial charge in [0.25, 0.3) is 0 Å². The van der Waals surface area contributed by atoms with Crippen molar-refractivity contribution in [1.82, 2.24) is 19.9 Å². The number of nitrogens with zero attached hydrogens (tertiary/aromatic N) is 2. The summed E-state index contributed by atoms with van der Waals surface area (Å²) in [7, 11) is 0. The third-order valence-corrected chi connectivity index (χ3v) is 8.07. The van der Waals surface area contributed by atoms with Gasteiger partial charge in [0.2, 0.25) is 0 Å². The lowest BCUT2D eigenvalue weighted by Gasteiger charge is -2.17. The number of aromatic amines is 2. The van der Waals surface area contributed by atoms with E-state index >= 15 is 0 Å². The van der Waals surface area contributed by atoms with Gasteiger partial charge < -0.3 is 9.97 Å². The molecular weight excluding hydrogens is 552 g/mol. The summed E-state index contributed by atoms with van der Waals surface area (Å²) >= 11 is 7.69. The number of hydrogen-bond acceptors (Lipinski definition) is 2. The molecule has 34 heavy (non-hydrogen) atoms. The summed E-state index contributed by atoms with van der Waals surface area (Å²) in [6.07, 6.45) is 4.99. The van der Waals surface area contributed by atoms with E-state index in [9.17, 15) is 0 Å². The first-order valence-electron chi connectivity index (χ1n) is 11.2. The quantitative estimate of drug-likeness (QED) is 0.212. The van der Waals surface area contributed by atoms with Crippen LogP contribution in [0.4, 0.5) is 0 Å². The number of fused-ring (bicyclic) bond motifs is 8. The minimum atomic E-state index is -0.103. The van der Waals surface area contributed by atoms with E-state index in [1.165, 1.54) is 0 Å². The van der Waals surface area contributed by atoms with Crippen LogP contribution >= 0.6 is 31.9 Å². The van der Waals surface area contributed by atoms with Crippen LogP contribution in [0.5, 0.6) is 0 Å². The fourth-order valence-electron chi connectivity index (χ4n) is 4.68. The van der Waals surface area contributed by atoms with Crippen LogP contribution in [0.25, 0.3) is 45.3 Å². The van der Waals surface area contributed by atoms with Gasteiger partial charge in [-0.25, -0.2) is 4.98 Å². The summed E-state index contributed by atoms with van der Waals surface area (Å²) in [5.74, 6) is 0. The molecule has 6 rings (SSSR count). The number of H-pyrrole nitrogens is 2. The molecule has 0 saturated heterocycles. The second-order valence-corrected chi connectivity index (χ2v) is 10.9. The fourth-order valence-corrected chi connectivity index (χ4v) is 6.00. The van der Waals surface area contributed by atoms with Crippen molar-refractivity contribution in [3.8, 4) is 11.1 Å². The minimum Gasteiger partial charge on any atom is -0.354 e. The molecule has 4 aromatic rings. The highest BCUT2D eigenvalue weighted by Gasteiger charge is 2.32. The molecule has 1 aromatic carbocycles. The van der Waals surface area contributed by atoms with E-state index in [1.54, 1.807) is 0 Å². The molecule has 0 atom stereocenters. The lowest BCUT2D eigenvalue weighted by Crippen LogP contribution is -2.16. The largest absolute Gasteiger partial charge is 0.354 e. The van der Waals surface area contributed by atoms with E-state index in [-0.39, 0.29) is 5.41 Å². The topological polar surface area (TPSA) is 57.4 Å². The monoisotopic (exact) mass is 572 g/mol. The summed E-state index contributed by atoms with van der Waals surface area (Å²) < 4.78 is 1.97. The van der Waals surface area contributed by atoms with E-state index < -0.39 is 0 Å². The molecule has 2 aliphatic rings. The van der Waals surface area contributed by atoms with E-state index in [1.807, 2.05) is 6.07 Å². The lowest BCUT2D eigenvalue weighted by molar-refractivity contribution is 0.540. The van der Waals surface area contributed by atoms with E-state index in [2.05, 4.69) is 122 Å². The zero-order valence-corrected chi connectivity index (χ0v) is 22.0. The molecule has 0 saturated carbocycles. The Morgan fingerprint density at radius 1 is 0.794 bits per heavy atom. The second kappa shape index (κ2) is 8.07. The average Bonchev–Trinajstić information content (AvgIpc) is 3.61. The first-order valence-corrected chi connectivity index (χ1v) is 12.8. The third kappa shape index (κ3) is 3.65. The Balaban J connectivity index is 1.77. The van der Waals surface area contributed by atoms with Crippen LogP contribution in [0, 0.1) is 0 Å². The van der Waals surface area contributed by atoms with Crippen molar-refractivity contribution in [3.63, 3.8) is 0 Å². The number of aromatic nitrogens is 4. The standard InChI is InChI=1S/C28H22Br2N4/c1-28(2)15-23-25(29)21-13-12-20(33-21)24(16-6-4-3-5-7-16)19-10-8-17(31-19)14-18-9-11-22(32-18)26(30)27(28)34-23/h3-14,32-33H,15H2,1-2H3. The molecule has 5 heterocycles. The first-order chi connectivity index (χ1) is 16.4. The highest BCUT2D eigenvalue weighted by atomic mass is 79.9. The number of benzene rings is 1. The number of halogens is 2. The smallest absolute Gasteiger partial charge is 0.0736 e. The van der Waals surface area contributed by atoms with Crippen LogP contribution in [0.1, 0.15) is 36.6 Å². The number of rotatable bonds is 1. The van der Waals surface area contributed by atoms with Crippen LogP contribution in [0.15, 0.2) is 69.6 Å². The molecular formula is C28H22Br2N4. The maximum atomic E-state index is 5.08. The van der Waals surface area contributed by atoms with Gasteiger partial charge in [0.15, 0.2) is 0 Å². The molecule has 0 aliphatic carbocycles. The second-order valence-electron chi connectivity index (χ2n) is 9.35. The molecule has 168 valence electrons. The van der Waals surface area contributed by atoms with E-state index in [0.717, 1.165) is 71.3 Å².